The zero-order valence-electron chi connectivity index (χ0n) is 36.8. The van der Waals surface area contributed by atoms with E-state index in [0.717, 1.165) is 63.8 Å². The highest BCUT2D eigenvalue weighted by atomic mass is 79.9. The maximum Gasteiger partial charge on any atom is 0.254 e. The number of nitrogens with zero attached hydrogens (tertiary/aromatic N) is 7. The maximum atomic E-state index is 14.3. The zero-order chi connectivity index (χ0) is 45.9. The molecule has 15 nitrogen and oxygen atoms in total. The SMILES string of the molecule is COc1cncc(-n2cc(-c3cc(C(=O)NC4CC4)c(F)cc3C)cn2)c1.COc1cncc(-n2cc(N3OC(C)(C)C(C)(C)O3)cn2)c1.Cc1cc(F)c(C(=O)NC2CC2)cc1Br. The van der Waals surface area contributed by atoms with E-state index >= 15 is 0 Å². The second-order valence-corrected chi connectivity index (χ2v) is 17.5. The van der Waals surface area contributed by atoms with Gasteiger partial charge in [-0.15, -0.1) is 5.23 Å². The summed E-state index contributed by atoms with van der Waals surface area (Å²) >= 11 is 3.28. The van der Waals surface area contributed by atoms with Crippen LogP contribution in [-0.2, 0) is 9.68 Å². The van der Waals surface area contributed by atoms with Crippen molar-refractivity contribution < 1.29 is 37.5 Å². The van der Waals surface area contributed by atoms with Gasteiger partial charge in [0.15, 0.2) is 0 Å². The van der Waals surface area contributed by atoms with E-state index in [-0.39, 0.29) is 35.0 Å². The lowest BCUT2D eigenvalue weighted by Gasteiger charge is -2.26. The third-order valence-corrected chi connectivity index (χ3v) is 11.9. The molecule has 9 rings (SSSR count). The van der Waals surface area contributed by atoms with Gasteiger partial charge >= 0.3 is 0 Å². The first kappa shape index (κ1) is 45.8. The molecule has 4 aromatic heterocycles. The lowest BCUT2D eigenvalue weighted by molar-refractivity contribution is -0.0273. The fraction of sp³-hybridized carbons (Fsp3) is 0.348. The molecule has 0 unspecified atom stereocenters. The Balaban J connectivity index is 0.000000150. The van der Waals surface area contributed by atoms with E-state index in [4.69, 9.17) is 19.1 Å². The van der Waals surface area contributed by atoms with E-state index in [1.54, 1.807) is 73.8 Å². The van der Waals surface area contributed by atoms with Crippen LogP contribution in [-0.4, -0.2) is 78.8 Å². The number of hydrogen-bond acceptors (Lipinski definition) is 11. The number of anilines is 1. The van der Waals surface area contributed by atoms with E-state index in [1.807, 2.05) is 59.1 Å². The van der Waals surface area contributed by atoms with Crippen molar-refractivity contribution in [2.75, 3.05) is 19.4 Å². The van der Waals surface area contributed by atoms with Crippen LogP contribution in [0.1, 0.15) is 85.2 Å². The fourth-order valence-corrected chi connectivity index (χ4v) is 6.50. The second-order valence-electron chi connectivity index (χ2n) is 16.7. The van der Waals surface area contributed by atoms with Gasteiger partial charge in [-0.2, -0.15) is 10.2 Å². The van der Waals surface area contributed by atoms with Gasteiger partial charge in [-0.1, -0.05) is 15.9 Å². The van der Waals surface area contributed by atoms with E-state index in [9.17, 15) is 18.4 Å². The molecule has 336 valence electrons. The number of nitrogens with one attached hydrogen (secondary N) is 2. The third-order valence-electron chi connectivity index (χ3n) is 11.0. The number of amides is 2. The Bertz CT molecular complexity index is 2650. The number of benzene rings is 2. The molecule has 1 aliphatic heterocycles. The van der Waals surface area contributed by atoms with Gasteiger partial charge in [0.1, 0.15) is 40.0 Å². The Kier molecular flexibility index (Phi) is 13.5. The highest BCUT2D eigenvalue weighted by Crippen LogP contribution is 2.40. The predicted molar refractivity (Wildman–Crippen MR) is 239 cm³/mol. The largest absolute Gasteiger partial charge is 0.495 e. The van der Waals surface area contributed by atoms with Crippen molar-refractivity contribution in [1.29, 1.82) is 0 Å². The first-order valence-electron chi connectivity index (χ1n) is 20.6. The molecule has 2 saturated carbocycles. The summed E-state index contributed by atoms with van der Waals surface area (Å²) in [6.07, 6.45) is 17.5. The van der Waals surface area contributed by atoms with E-state index in [0.29, 0.717) is 17.2 Å². The summed E-state index contributed by atoms with van der Waals surface area (Å²) in [6, 6.07) is 9.96. The minimum absolute atomic E-state index is 0.0540. The van der Waals surface area contributed by atoms with Crippen molar-refractivity contribution in [3.8, 4) is 34.0 Å². The van der Waals surface area contributed by atoms with Gasteiger partial charge in [-0.3, -0.25) is 19.6 Å². The number of hydrogen-bond donors (Lipinski definition) is 2. The molecule has 64 heavy (non-hydrogen) atoms. The van der Waals surface area contributed by atoms with Crippen molar-refractivity contribution in [3.05, 3.63) is 124 Å². The van der Waals surface area contributed by atoms with Crippen molar-refractivity contribution in [3.63, 3.8) is 0 Å². The van der Waals surface area contributed by atoms with Crippen LogP contribution in [0.15, 0.2) is 90.4 Å². The number of rotatable bonds is 10. The Morgan fingerprint density at radius 3 is 1.67 bits per heavy atom. The van der Waals surface area contributed by atoms with Gasteiger partial charge in [-0.05, 0) is 108 Å². The second kappa shape index (κ2) is 18.8. The smallest absolute Gasteiger partial charge is 0.254 e. The third kappa shape index (κ3) is 10.7. The number of ether oxygens (including phenoxy) is 2. The average Bonchev–Trinajstić information content (AvgIpc) is 4.13. The molecule has 18 heteroatoms. The minimum atomic E-state index is -0.515. The van der Waals surface area contributed by atoms with E-state index in [1.165, 1.54) is 23.4 Å². The highest BCUT2D eigenvalue weighted by molar-refractivity contribution is 9.10. The number of carbonyl (C=O) groups excluding carboxylic acids is 2. The molecule has 3 aliphatic rings. The topological polar surface area (TPSA) is 160 Å². The number of aryl methyl sites for hydroxylation is 2. The van der Waals surface area contributed by atoms with Gasteiger partial charge in [0.25, 0.3) is 11.8 Å². The number of aromatic nitrogens is 6. The summed E-state index contributed by atoms with van der Waals surface area (Å²) in [5.41, 5.74) is 4.61. The number of halogens is 3. The summed E-state index contributed by atoms with van der Waals surface area (Å²) < 4.78 is 42.3. The summed E-state index contributed by atoms with van der Waals surface area (Å²) in [7, 11) is 3.18. The zero-order valence-corrected chi connectivity index (χ0v) is 38.4. The molecule has 2 N–H and O–H groups in total. The highest BCUT2D eigenvalue weighted by Gasteiger charge is 2.50. The van der Waals surface area contributed by atoms with Crippen molar-refractivity contribution >= 4 is 33.4 Å². The van der Waals surface area contributed by atoms with Crippen molar-refractivity contribution in [1.82, 2.24) is 40.2 Å². The van der Waals surface area contributed by atoms with Crippen LogP contribution < -0.4 is 25.3 Å². The van der Waals surface area contributed by atoms with Crippen molar-refractivity contribution in [2.45, 2.75) is 90.5 Å². The van der Waals surface area contributed by atoms with Gasteiger partial charge in [0.2, 0.25) is 0 Å². The van der Waals surface area contributed by atoms with Gasteiger partial charge in [-0.25, -0.2) is 27.8 Å². The molecular weight excluding hydrogens is 892 g/mol. The summed E-state index contributed by atoms with van der Waals surface area (Å²) in [5.74, 6) is -0.379. The van der Waals surface area contributed by atoms with E-state index < -0.39 is 22.8 Å². The first-order chi connectivity index (χ1) is 30.4. The molecule has 0 bridgehead atoms. The first-order valence-corrected chi connectivity index (χ1v) is 21.4. The lowest BCUT2D eigenvalue weighted by atomic mass is 9.90. The monoisotopic (exact) mass is 941 g/mol. The molecule has 1 saturated heterocycles. The minimum Gasteiger partial charge on any atom is -0.495 e. The Morgan fingerprint density at radius 2 is 1.16 bits per heavy atom. The molecule has 6 aromatic rings. The summed E-state index contributed by atoms with van der Waals surface area (Å²) in [4.78, 5) is 43.9. The van der Waals surface area contributed by atoms with Crippen LogP contribution >= 0.6 is 15.9 Å². The van der Waals surface area contributed by atoms with Gasteiger partial charge in [0, 0.05) is 40.4 Å². The maximum absolute atomic E-state index is 14.3. The Hall–Kier alpha value is -6.24. The van der Waals surface area contributed by atoms with Crippen molar-refractivity contribution in [2.24, 2.45) is 0 Å². The lowest BCUT2D eigenvalue weighted by Crippen LogP contribution is -2.41. The average molecular weight is 943 g/mol. The van der Waals surface area contributed by atoms with Crippen LogP contribution in [0.3, 0.4) is 0 Å². The van der Waals surface area contributed by atoms with E-state index in [2.05, 4.69) is 46.7 Å². The fourth-order valence-electron chi connectivity index (χ4n) is 6.16. The molecule has 2 aromatic carbocycles. The van der Waals surface area contributed by atoms with Crippen LogP contribution in [0.25, 0.3) is 22.5 Å². The molecule has 2 amide bonds. The molecule has 5 heterocycles. The molecule has 0 spiro atoms. The Morgan fingerprint density at radius 1 is 0.672 bits per heavy atom. The molecule has 2 aliphatic carbocycles. The quantitative estimate of drug-likeness (QED) is 0.135. The normalized spacial score (nSPS) is 15.9. The van der Waals surface area contributed by atoms with Gasteiger partial charge < -0.3 is 20.1 Å². The van der Waals surface area contributed by atoms with Crippen LogP contribution in [0.5, 0.6) is 11.5 Å². The summed E-state index contributed by atoms with van der Waals surface area (Å²) in [5, 5.41) is 15.7. The van der Waals surface area contributed by atoms with Crippen LogP contribution in [0.2, 0.25) is 0 Å². The van der Waals surface area contributed by atoms with Gasteiger partial charge in [0.05, 0.1) is 80.1 Å². The molecule has 0 radical (unpaired) electrons. The van der Waals surface area contributed by atoms with Crippen LogP contribution in [0, 0.1) is 25.5 Å². The summed E-state index contributed by atoms with van der Waals surface area (Å²) in [6.45, 7) is 11.6. The number of carbonyl (C=O) groups is 2. The Labute approximate surface area is 378 Å². The predicted octanol–water partition coefficient (Wildman–Crippen LogP) is 8.59. The molecule has 0 atom stereocenters. The number of pyridine rings is 2. The standard InChI is InChI=1S/C20H19FN4O2.C15H20N4O3.C11H11BrFNO/c1-12-5-19(21)18(20(26)24-14-3-4-14)7-17(12)13-8-23-25(11-13)15-6-16(27-2)10-22-9-15;1-14(2)15(3,4)22-19(21-14)12-8-17-18(10-12)11-6-13(20-5)9-16-7-11;1-6-4-10(13)8(5-9(6)12)11(15)14-7-2-3-7/h5-11,14H,3-4H2,1-2H3,(H,24,26);6-10H,1-5H3;4-5,7H,2-3H2,1H3,(H,14,15). The molecular formula is C46H50BrF2N9O6. The number of methoxy groups -OCH3 is 2. The molecule has 3 fully saturated rings. The van der Waals surface area contributed by atoms with Crippen LogP contribution in [0.4, 0.5) is 14.5 Å².